The standard InChI is InChI=1S/C17H25NO2/c1-4-14(3)16(19)12-18-17(20)7-5-6-15-10-8-13(2)9-11-15/h5-6,8-11,14,16,19H,4,7,12H2,1-3H3,(H,18,20)/b6-5+. The van der Waals surface area contributed by atoms with Gasteiger partial charge in [-0.25, -0.2) is 0 Å². The first kappa shape index (κ1) is 16.4. The summed E-state index contributed by atoms with van der Waals surface area (Å²) in [7, 11) is 0. The number of nitrogens with one attached hydrogen (secondary N) is 1. The lowest BCUT2D eigenvalue weighted by atomic mass is 10.0. The number of hydrogen-bond acceptors (Lipinski definition) is 2. The molecule has 0 heterocycles. The molecule has 2 N–H and O–H groups in total. The van der Waals surface area contributed by atoms with Gasteiger partial charge in [-0.1, -0.05) is 62.2 Å². The second-order valence-corrected chi connectivity index (χ2v) is 5.27. The van der Waals surface area contributed by atoms with Crippen LogP contribution in [0.2, 0.25) is 0 Å². The molecule has 2 atom stereocenters. The van der Waals surface area contributed by atoms with Crippen molar-refractivity contribution in [1.82, 2.24) is 5.32 Å². The molecule has 1 amide bonds. The number of carbonyl (C=O) groups excluding carboxylic acids is 1. The Morgan fingerprint density at radius 1 is 1.35 bits per heavy atom. The zero-order chi connectivity index (χ0) is 15.0. The molecule has 1 aromatic carbocycles. The molecular weight excluding hydrogens is 250 g/mol. The van der Waals surface area contributed by atoms with Crippen LogP contribution in [-0.4, -0.2) is 23.7 Å². The van der Waals surface area contributed by atoms with Crippen LogP contribution in [0, 0.1) is 12.8 Å². The normalized spacial score (nSPS) is 14.2. The summed E-state index contributed by atoms with van der Waals surface area (Å²) in [6, 6.07) is 8.14. The largest absolute Gasteiger partial charge is 0.391 e. The van der Waals surface area contributed by atoms with Gasteiger partial charge in [0, 0.05) is 13.0 Å². The Morgan fingerprint density at radius 3 is 2.60 bits per heavy atom. The third-order valence-corrected chi connectivity index (χ3v) is 3.50. The van der Waals surface area contributed by atoms with Crippen molar-refractivity contribution in [2.45, 2.75) is 39.7 Å². The molecule has 3 nitrogen and oxygen atoms in total. The lowest BCUT2D eigenvalue weighted by Crippen LogP contribution is -2.35. The second kappa shape index (κ2) is 8.54. The van der Waals surface area contributed by atoms with Gasteiger partial charge in [0.15, 0.2) is 0 Å². The maximum Gasteiger partial charge on any atom is 0.223 e. The van der Waals surface area contributed by atoms with Crippen LogP contribution in [0.25, 0.3) is 6.08 Å². The topological polar surface area (TPSA) is 49.3 Å². The van der Waals surface area contributed by atoms with Gasteiger partial charge in [0.1, 0.15) is 0 Å². The Hall–Kier alpha value is -1.61. The van der Waals surface area contributed by atoms with Crippen LogP contribution in [0.4, 0.5) is 0 Å². The van der Waals surface area contributed by atoms with Gasteiger partial charge >= 0.3 is 0 Å². The first-order valence-electron chi connectivity index (χ1n) is 7.21. The van der Waals surface area contributed by atoms with Gasteiger partial charge in [-0.3, -0.25) is 4.79 Å². The van der Waals surface area contributed by atoms with E-state index in [1.807, 2.05) is 57.2 Å². The van der Waals surface area contributed by atoms with Gasteiger partial charge in [0.2, 0.25) is 5.91 Å². The van der Waals surface area contributed by atoms with Crippen LogP contribution in [0.3, 0.4) is 0 Å². The molecule has 0 spiro atoms. The number of aliphatic hydroxyl groups is 1. The molecule has 0 aromatic heterocycles. The molecule has 0 aliphatic carbocycles. The Balaban J connectivity index is 2.31. The summed E-state index contributed by atoms with van der Waals surface area (Å²) < 4.78 is 0. The number of rotatable bonds is 7. The van der Waals surface area contributed by atoms with Crippen molar-refractivity contribution in [2.24, 2.45) is 5.92 Å². The molecule has 110 valence electrons. The first-order valence-corrected chi connectivity index (χ1v) is 7.21. The highest BCUT2D eigenvalue weighted by atomic mass is 16.3. The fraction of sp³-hybridized carbons (Fsp3) is 0.471. The monoisotopic (exact) mass is 275 g/mol. The minimum absolute atomic E-state index is 0.0595. The average molecular weight is 275 g/mol. The molecule has 1 rings (SSSR count). The predicted octanol–water partition coefficient (Wildman–Crippen LogP) is 2.92. The highest BCUT2D eigenvalue weighted by Crippen LogP contribution is 2.07. The maximum atomic E-state index is 11.6. The molecule has 3 heteroatoms. The predicted molar refractivity (Wildman–Crippen MR) is 83.3 cm³/mol. The van der Waals surface area contributed by atoms with Gasteiger partial charge in [0.25, 0.3) is 0 Å². The van der Waals surface area contributed by atoms with Crippen molar-refractivity contribution in [3.05, 3.63) is 41.5 Å². The lowest BCUT2D eigenvalue weighted by Gasteiger charge is -2.17. The van der Waals surface area contributed by atoms with Gasteiger partial charge in [0.05, 0.1) is 6.10 Å². The Bertz CT molecular complexity index is 437. The minimum Gasteiger partial charge on any atom is -0.391 e. The molecule has 0 fully saturated rings. The summed E-state index contributed by atoms with van der Waals surface area (Å²) in [5.41, 5.74) is 2.31. The van der Waals surface area contributed by atoms with Crippen molar-refractivity contribution in [3.8, 4) is 0 Å². The third-order valence-electron chi connectivity index (χ3n) is 3.50. The zero-order valence-corrected chi connectivity index (χ0v) is 12.6. The molecule has 20 heavy (non-hydrogen) atoms. The molecule has 0 radical (unpaired) electrons. The van der Waals surface area contributed by atoms with E-state index in [-0.39, 0.29) is 11.8 Å². The molecule has 0 bridgehead atoms. The Kier molecular flexibility index (Phi) is 7.02. The quantitative estimate of drug-likeness (QED) is 0.804. The van der Waals surface area contributed by atoms with E-state index >= 15 is 0 Å². The summed E-state index contributed by atoms with van der Waals surface area (Å²) >= 11 is 0. The molecule has 2 unspecified atom stereocenters. The fourth-order valence-electron chi connectivity index (χ4n) is 1.74. The van der Waals surface area contributed by atoms with Gasteiger partial charge in [-0.05, 0) is 18.4 Å². The van der Waals surface area contributed by atoms with Crippen LogP contribution < -0.4 is 5.32 Å². The number of carbonyl (C=O) groups is 1. The van der Waals surface area contributed by atoms with E-state index in [9.17, 15) is 9.90 Å². The fourth-order valence-corrected chi connectivity index (χ4v) is 1.74. The van der Waals surface area contributed by atoms with Gasteiger partial charge in [-0.15, -0.1) is 0 Å². The molecule has 0 saturated carbocycles. The number of aliphatic hydroxyl groups excluding tert-OH is 1. The molecular formula is C17H25NO2. The molecule has 0 aliphatic rings. The van der Waals surface area contributed by atoms with Crippen molar-refractivity contribution in [1.29, 1.82) is 0 Å². The highest BCUT2D eigenvalue weighted by molar-refractivity contribution is 5.78. The van der Waals surface area contributed by atoms with Crippen LogP contribution >= 0.6 is 0 Å². The van der Waals surface area contributed by atoms with Crippen molar-refractivity contribution >= 4 is 12.0 Å². The smallest absolute Gasteiger partial charge is 0.223 e. The third kappa shape index (κ3) is 6.02. The highest BCUT2D eigenvalue weighted by Gasteiger charge is 2.12. The Morgan fingerprint density at radius 2 is 2.00 bits per heavy atom. The summed E-state index contributed by atoms with van der Waals surface area (Å²) in [6.45, 7) is 6.38. The van der Waals surface area contributed by atoms with Gasteiger partial charge in [-0.2, -0.15) is 0 Å². The Labute approximate surface area is 121 Å². The van der Waals surface area contributed by atoms with Crippen LogP contribution in [-0.2, 0) is 4.79 Å². The first-order chi connectivity index (χ1) is 9.52. The van der Waals surface area contributed by atoms with Crippen LogP contribution in [0.5, 0.6) is 0 Å². The van der Waals surface area contributed by atoms with E-state index < -0.39 is 6.10 Å². The number of aryl methyl sites for hydroxylation is 1. The van der Waals surface area contributed by atoms with E-state index in [0.717, 1.165) is 12.0 Å². The van der Waals surface area contributed by atoms with Crippen molar-refractivity contribution in [3.63, 3.8) is 0 Å². The second-order valence-electron chi connectivity index (χ2n) is 5.27. The summed E-state index contributed by atoms with van der Waals surface area (Å²) in [5, 5.41) is 12.5. The van der Waals surface area contributed by atoms with Crippen molar-refractivity contribution < 1.29 is 9.90 Å². The summed E-state index contributed by atoms with van der Waals surface area (Å²) in [5.74, 6) is 0.147. The maximum absolute atomic E-state index is 11.6. The SMILES string of the molecule is CCC(C)C(O)CNC(=O)C/C=C/c1ccc(C)cc1. The molecule has 0 saturated heterocycles. The van der Waals surface area contributed by atoms with Crippen LogP contribution in [0.1, 0.15) is 37.8 Å². The summed E-state index contributed by atoms with van der Waals surface area (Å²) in [6.07, 6.45) is 4.55. The zero-order valence-electron chi connectivity index (χ0n) is 12.6. The average Bonchev–Trinajstić information content (AvgIpc) is 2.46. The number of hydrogen-bond donors (Lipinski definition) is 2. The van der Waals surface area contributed by atoms with E-state index in [1.165, 1.54) is 5.56 Å². The van der Waals surface area contributed by atoms with E-state index in [1.54, 1.807) is 0 Å². The minimum atomic E-state index is -0.468. The van der Waals surface area contributed by atoms with Crippen molar-refractivity contribution in [2.75, 3.05) is 6.54 Å². The number of amides is 1. The molecule has 1 aromatic rings. The lowest BCUT2D eigenvalue weighted by molar-refractivity contribution is -0.120. The summed E-state index contributed by atoms with van der Waals surface area (Å²) in [4.78, 5) is 11.6. The van der Waals surface area contributed by atoms with E-state index in [4.69, 9.17) is 0 Å². The number of benzene rings is 1. The molecule has 0 aliphatic heterocycles. The van der Waals surface area contributed by atoms with Crippen LogP contribution in [0.15, 0.2) is 30.3 Å². The van der Waals surface area contributed by atoms with E-state index in [2.05, 4.69) is 5.32 Å². The van der Waals surface area contributed by atoms with Gasteiger partial charge < -0.3 is 10.4 Å². The van der Waals surface area contributed by atoms with E-state index in [0.29, 0.717) is 13.0 Å².